The lowest BCUT2D eigenvalue weighted by Crippen LogP contribution is -2.14. The Morgan fingerprint density at radius 1 is 1.20 bits per heavy atom. The van der Waals surface area contributed by atoms with E-state index in [0.717, 1.165) is 24.2 Å². The highest BCUT2D eigenvalue weighted by molar-refractivity contribution is 6.04. The Morgan fingerprint density at radius 3 is 2.60 bits per heavy atom. The molecule has 0 bridgehead atoms. The SMILES string of the molecule is CC1Oc2cc3c(cc2C1=O)CCCC3. The molecule has 3 rings (SSSR count). The van der Waals surface area contributed by atoms with Crippen molar-refractivity contribution < 1.29 is 9.53 Å². The van der Waals surface area contributed by atoms with E-state index in [0.29, 0.717) is 0 Å². The summed E-state index contributed by atoms with van der Waals surface area (Å²) in [5.41, 5.74) is 3.52. The van der Waals surface area contributed by atoms with Crippen LogP contribution in [0.3, 0.4) is 0 Å². The second-order valence-electron chi connectivity index (χ2n) is 4.45. The van der Waals surface area contributed by atoms with Crippen molar-refractivity contribution in [2.45, 2.75) is 38.7 Å². The van der Waals surface area contributed by atoms with E-state index in [1.807, 2.05) is 6.92 Å². The first-order chi connectivity index (χ1) is 7.25. The monoisotopic (exact) mass is 202 g/mol. The molecule has 2 nitrogen and oxygen atoms in total. The van der Waals surface area contributed by atoms with Crippen molar-refractivity contribution >= 4 is 5.78 Å². The largest absolute Gasteiger partial charge is 0.482 e. The summed E-state index contributed by atoms with van der Waals surface area (Å²) >= 11 is 0. The van der Waals surface area contributed by atoms with E-state index < -0.39 is 0 Å². The van der Waals surface area contributed by atoms with Gasteiger partial charge in [-0.3, -0.25) is 4.79 Å². The molecule has 1 atom stereocenters. The first-order valence-electron chi connectivity index (χ1n) is 5.62. The highest BCUT2D eigenvalue weighted by Gasteiger charge is 2.30. The molecule has 1 unspecified atom stereocenters. The molecule has 0 spiro atoms. The van der Waals surface area contributed by atoms with Crippen molar-refractivity contribution in [3.05, 3.63) is 28.8 Å². The fourth-order valence-electron chi connectivity index (χ4n) is 2.52. The average molecular weight is 202 g/mol. The molecule has 1 heterocycles. The molecular formula is C13H14O2. The molecule has 0 N–H and O–H groups in total. The van der Waals surface area contributed by atoms with Gasteiger partial charge in [0, 0.05) is 0 Å². The Kier molecular flexibility index (Phi) is 1.84. The first-order valence-corrected chi connectivity index (χ1v) is 5.62. The van der Waals surface area contributed by atoms with Crippen LogP contribution in [0.2, 0.25) is 0 Å². The normalized spacial score (nSPS) is 23.3. The molecule has 1 aromatic carbocycles. The topological polar surface area (TPSA) is 26.3 Å². The molecule has 15 heavy (non-hydrogen) atoms. The van der Waals surface area contributed by atoms with E-state index in [2.05, 4.69) is 12.1 Å². The third-order valence-corrected chi connectivity index (χ3v) is 3.38. The van der Waals surface area contributed by atoms with Crippen LogP contribution in [0.5, 0.6) is 5.75 Å². The lowest BCUT2D eigenvalue weighted by molar-refractivity contribution is 0.0878. The van der Waals surface area contributed by atoms with Crippen LogP contribution in [0.1, 0.15) is 41.3 Å². The van der Waals surface area contributed by atoms with Crippen LogP contribution in [-0.2, 0) is 12.8 Å². The zero-order valence-corrected chi connectivity index (χ0v) is 8.88. The number of carbonyl (C=O) groups excluding carboxylic acids is 1. The number of ether oxygens (including phenoxy) is 1. The average Bonchev–Trinajstić information content (AvgIpc) is 2.52. The quantitative estimate of drug-likeness (QED) is 0.646. The summed E-state index contributed by atoms with van der Waals surface area (Å²) in [7, 11) is 0. The van der Waals surface area contributed by atoms with Crippen molar-refractivity contribution in [3.8, 4) is 5.75 Å². The van der Waals surface area contributed by atoms with Crippen molar-refractivity contribution in [1.82, 2.24) is 0 Å². The van der Waals surface area contributed by atoms with Crippen molar-refractivity contribution in [3.63, 3.8) is 0 Å². The van der Waals surface area contributed by atoms with E-state index >= 15 is 0 Å². The fraction of sp³-hybridized carbons (Fsp3) is 0.462. The summed E-state index contributed by atoms with van der Waals surface area (Å²) in [4.78, 5) is 11.8. The number of ketones is 1. The number of Topliss-reactive ketones (excluding diaryl/α,β-unsaturated/α-hetero) is 1. The van der Waals surface area contributed by atoms with Gasteiger partial charge in [-0.25, -0.2) is 0 Å². The van der Waals surface area contributed by atoms with E-state index in [1.165, 1.54) is 24.0 Å². The van der Waals surface area contributed by atoms with Crippen LogP contribution in [-0.4, -0.2) is 11.9 Å². The summed E-state index contributed by atoms with van der Waals surface area (Å²) in [5.74, 6) is 0.937. The van der Waals surface area contributed by atoms with Crippen LogP contribution in [0.15, 0.2) is 12.1 Å². The molecule has 0 saturated carbocycles. The molecule has 0 fully saturated rings. The van der Waals surface area contributed by atoms with Gasteiger partial charge in [0.05, 0.1) is 5.56 Å². The third kappa shape index (κ3) is 1.28. The van der Waals surface area contributed by atoms with Gasteiger partial charge >= 0.3 is 0 Å². The van der Waals surface area contributed by atoms with Gasteiger partial charge in [-0.2, -0.15) is 0 Å². The molecule has 78 valence electrons. The van der Waals surface area contributed by atoms with E-state index in [4.69, 9.17) is 4.74 Å². The smallest absolute Gasteiger partial charge is 0.206 e. The van der Waals surface area contributed by atoms with Gasteiger partial charge < -0.3 is 4.74 Å². The summed E-state index contributed by atoms with van der Waals surface area (Å²) in [6, 6.07) is 4.13. The van der Waals surface area contributed by atoms with Gasteiger partial charge in [-0.15, -0.1) is 0 Å². The number of fused-ring (bicyclic) bond motifs is 2. The molecule has 1 aliphatic heterocycles. The summed E-state index contributed by atoms with van der Waals surface area (Å²) in [5, 5.41) is 0. The second kappa shape index (κ2) is 3.09. The van der Waals surface area contributed by atoms with Crippen LogP contribution >= 0.6 is 0 Å². The maximum absolute atomic E-state index is 11.8. The Hall–Kier alpha value is -1.31. The minimum atomic E-state index is -0.288. The lowest BCUT2D eigenvalue weighted by Gasteiger charge is -2.16. The maximum atomic E-state index is 11.8. The van der Waals surface area contributed by atoms with Gasteiger partial charge in [0.2, 0.25) is 5.78 Å². The summed E-state index contributed by atoms with van der Waals surface area (Å²) in [6.45, 7) is 1.82. The molecule has 1 aromatic rings. The number of aryl methyl sites for hydroxylation is 2. The standard InChI is InChI=1S/C13H14O2/c1-8-13(14)11-6-9-4-2-3-5-10(9)7-12(11)15-8/h6-8H,2-5H2,1H3. The van der Waals surface area contributed by atoms with E-state index in [9.17, 15) is 4.79 Å². The maximum Gasteiger partial charge on any atom is 0.206 e. The summed E-state index contributed by atoms with van der Waals surface area (Å²) < 4.78 is 5.54. The predicted octanol–water partition coefficient (Wildman–Crippen LogP) is 2.53. The lowest BCUT2D eigenvalue weighted by atomic mass is 9.89. The van der Waals surface area contributed by atoms with Crippen molar-refractivity contribution in [2.75, 3.05) is 0 Å². The fourth-order valence-corrected chi connectivity index (χ4v) is 2.52. The number of benzene rings is 1. The zero-order valence-electron chi connectivity index (χ0n) is 8.88. The molecule has 0 saturated heterocycles. The minimum Gasteiger partial charge on any atom is -0.482 e. The highest BCUT2D eigenvalue weighted by atomic mass is 16.5. The first kappa shape index (κ1) is 8.96. The van der Waals surface area contributed by atoms with Crippen LogP contribution in [0, 0.1) is 0 Å². The van der Waals surface area contributed by atoms with Crippen molar-refractivity contribution in [2.24, 2.45) is 0 Å². The third-order valence-electron chi connectivity index (χ3n) is 3.38. The van der Waals surface area contributed by atoms with Gasteiger partial charge in [-0.05, 0) is 55.9 Å². The van der Waals surface area contributed by atoms with Crippen LogP contribution in [0.25, 0.3) is 0 Å². The van der Waals surface area contributed by atoms with Crippen LogP contribution < -0.4 is 4.74 Å². The number of rotatable bonds is 0. The highest BCUT2D eigenvalue weighted by Crippen LogP contribution is 2.34. The van der Waals surface area contributed by atoms with Gasteiger partial charge in [0.1, 0.15) is 5.75 Å². The minimum absolute atomic E-state index is 0.137. The Balaban J connectivity index is 2.12. The molecule has 0 amide bonds. The van der Waals surface area contributed by atoms with Gasteiger partial charge in [-0.1, -0.05) is 0 Å². The van der Waals surface area contributed by atoms with Gasteiger partial charge in [0.15, 0.2) is 6.10 Å². The number of hydrogen-bond acceptors (Lipinski definition) is 2. The molecule has 2 heteroatoms. The number of carbonyl (C=O) groups is 1. The van der Waals surface area contributed by atoms with Crippen LogP contribution in [0.4, 0.5) is 0 Å². The van der Waals surface area contributed by atoms with Gasteiger partial charge in [0.25, 0.3) is 0 Å². The molecule has 1 aliphatic carbocycles. The molecular weight excluding hydrogens is 188 g/mol. The Morgan fingerprint density at radius 2 is 1.87 bits per heavy atom. The molecule has 0 radical (unpaired) electrons. The molecule has 2 aliphatic rings. The van der Waals surface area contributed by atoms with E-state index in [-0.39, 0.29) is 11.9 Å². The zero-order chi connectivity index (χ0) is 10.4. The predicted molar refractivity (Wildman–Crippen MR) is 57.5 cm³/mol. The molecule has 0 aromatic heterocycles. The Bertz CT molecular complexity index is 434. The number of hydrogen-bond donors (Lipinski definition) is 0. The Labute approximate surface area is 89.2 Å². The second-order valence-corrected chi connectivity index (χ2v) is 4.45. The summed E-state index contributed by atoms with van der Waals surface area (Å²) in [6.07, 6.45) is 4.47. The van der Waals surface area contributed by atoms with Crippen molar-refractivity contribution in [1.29, 1.82) is 0 Å². The van der Waals surface area contributed by atoms with E-state index in [1.54, 1.807) is 0 Å².